The number of nitrogens with zero attached hydrogens (tertiary/aromatic N) is 4. The van der Waals surface area contributed by atoms with Crippen LogP contribution in [0.5, 0.6) is 0 Å². The van der Waals surface area contributed by atoms with Gasteiger partial charge in [-0.2, -0.15) is 5.10 Å². The lowest BCUT2D eigenvalue weighted by Gasteiger charge is -2.39. The van der Waals surface area contributed by atoms with E-state index >= 15 is 0 Å². The Hall–Kier alpha value is -3.74. The Morgan fingerprint density at radius 1 is 1.15 bits per heavy atom. The number of benzene rings is 2. The van der Waals surface area contributed by atoms with Gasteiger partial charge in [0.15, 0.2) is 0 Å². The maximum Gasteiger partial charge on any atom is 0.256 e. The smallest absolute Gasteiger partial charge is 0.256 e. The van der Waals surface area contributed by atoms with E-state index in [1.165, 1.54) is 0 Å². The van der Waals surface area contributed by atoms with Crippen molar-refractivity contribution in [2.75, 3.05) is 24.3 Å². The molecule has 1 fully saturated rings. The summed E-state index contributed by atoms with van der Waals surface area (Å²) in [5.41, 5.74) is 5.32. The molecule has 2 atom stereocenters. The van der Waals surface area contributed by atoms with Gasteiger partial charge in [0, 0.05) is 43.5 Å². The van der Waals surface area contributed by atoms with E-state index < -0.39 is 0 Å². The third-order valence-electron chi connectivity index (χ3n) is 6.04. The number of anilines is 2. The van der Waals surface area contributed by atoms with Crippen LogP contribution in [-0.2, 0) is 0 Å². The summed E-state index contributed by atoms with van der Waals surface area (Å²) in [6.45, 7) is 4.72. The van der Waals surface area contributed by atoms with Crippen molar-refractivity contribution in [1.29, 1.82) is 0 Å². The molecule has 3 aromatic rings. The topological polar surface area (TPSA) is 82.0 Å². The number of amides is 1. The fraction of sp³-hybridized carbons (Fsp3) is 0.308. The van der Waals surface area contributed by atoms with Crippen molar-refractivity contribution in [3.63, 3.8) is 0 Å². The van der Waals surface area contributed by atoms with Gasteiger partial charge in [-0.25, -0.2) is 4.98 Å². The molecule has 1 aliphatic rings. The molecule has 0 unspecified atom stereocenters. The number of carbonyl (C=O) groups excluding carboxylic acids is 1. The first kappa shape index (κ1) is 22.5. The van der Waals surface area contributed by atoms with Gasteiger partial charge in [-0.1, -0.05) is 35.9 Å². The summed E-state index contributed by atoms with van der Waals surface area (Å²) >= 11 is 0. The molecule has 0 aliphatic carbocycles. The van der Waals surface area contributed by atoms with Gasteiger partial charge in [-0.3, -0.25) is 15.2 Å². The quantitative estimate of drug-likeness (QED) is 0.426. The highest BCUT2D eigenvalue weighted by Crippen LogP contribution is 2.27. The number of nitrogens with one attached hydrogen (secondary N) is 2. The predicted molar refractivity (Wildman–Crippen MR) is 137 cm³/mol. The number of rotatable bonds is 6. The molecule has 7 heteroatoms. The maximum absolute atomic E-state index is 13.6. The van der Waals surface area contributed by atoms with Crippen molar-refractivity contribution in [3.05, 3.63) is 65.9 Å². The van der Waals surface area contributed by atoms with Crippen molar-refractivity contribution in [2.24, 2.45) is 10.1 Å². The van der Waals surface area contributed by atoms with Gasteiger partial charge in [0.05, 0.1) is 17.5 Å². The zero-order chi connectivity index (χ0) is 23.2. The largest absolute Gasteiger partial charge is 0.365 e. The molecule has 1 aromatic heterocycles. The Kier molecular flexibility index (Phi) is 6.98. The van der Waals surface area contributed by atoms with Gasteiger partial charge in [0.2, 0.25) is 0 Å². The molecule has 1 amide bonds. The SMILES string of the molecule is CN=C/C=N\Nc1ccc(C)cc1C(=O)N1C[C@H](Nc2nccc3ccccc23)CC[C@H]1C. The van der Waals surface area contributed by atoms with Gasteiger partial charge < -0.3 is 10.2 Å². The van der Waals surface area contributed by atoms with Gasteiger partial charge in [-0.15, -0.1) is 0 Å². The van der Waals surface area contributed by atoms with E-state index in [2.05, 4.69) is 44.9 Å². The second-order valence-corrected chi connectivity index (χ2v) is 8.45. The molecule has 170 valence electrons. The van der Waals surface area contributed by atoms with E-state index in [9.17, 15) is 4.79 Å². The average Bonchev–Trinajstić information content (AvgIpc) is 2.83. The third kappa shape index (κ3) is 5.19. The first-order valence-electron chi connectivity index (χ1n) is 11.3. The number of aryl methyl sites for hydroxylation is 1. The van der Waals surface area contributed by atoms with E-state index in [-0.39, 0.29) is 18.0 Å². The first-order chi connectivity index (χ1) is 16.1. The zero-order valence-corrected chi connectivity index (χ0v) is 19.3. The minimum Gasteiger partial charge on any atom is -0.365 e. The molecule has 1 aliphatic heterocycles. The van der Waals surface area contributed by atoms with Crippen molar-refractivity contribution < 1.29 is 4.79 Å². The lowest BCUT2D eigenvalue weighted by atomic mass is 9.97. The molecule has 0 bridgehead atoms. The lowest BCUT2D eigenvalue weighted by Crippen LogP contribution is -2.49. The molecule has 1 saturated heterocycles. The van der Waals surface area contributed by atoms with Gasteiger partial charge in [-0.05, 0) is 50.3 Å². The molecule has 7 nitrogen and oxygen atoms in total. The van der Waals surface area contributed by atoms with Crippen LogP contribution < -0.4 is 10.7 Å². The van der Waals surface area contributed by atoms with Crippen molar-refractivity contribution in [3.8, 4) is 0 Å². The molecule has 0 saturated carbocycles. The van der Waals surface area contributed by atoms with E-state index in [0.29, 0.717) is 17.8 Å². The van der Waals surface area contributed by atoms with Crippen LogP contribution in [0, 0.1) is 6.92 Å². The highest BCUT2D eigenvalue weighted by Gasteiger charge is 2.31. The standard InChI is InChI=1S/C26H30N6O/c1-18-8-11-24(31-29-15-14-27-3)23(16-18)26(33)32-17-21(10-9-19(32)2)30-25-22-7-5-4-6-20(22)12-13-28-25/h4-8,11-16,19,21,31H,9-10,17H2,1-3H3,(H,28,30)/b27-14?,29-15-/t19-,21-/m1/s1. The summed E-state index contributed by atoms with van der Waals surface area (Å²) in [4.78, 5) is 24.1. The summed E-state index contributed by atoms with van der Waals surface area (Å²) < 4.78 is 0. The number of aromatic nitrogens is 1. The molecule has 33 heavy (non-hydrogen) atoms. The Morgan fingerprint density at radius 2 is 2.00 bits per heavy atom. The summed E-state index contributed by atoms with van der Waals surface area (Å²) in [5.74, 6) is 0.871. The molecular weight excluding hydrogens is 412 g/mol. The summed E-state index contributed by atoms with van der Waals surface area (Å²) in [5, 5.41) is 9.99. The highest BCUT2D eigenvalue weighted by atomic mass is 16.2. The fourth-order valence-corrected chi connectivity index (χ4v) is 4.23. The number of pyridine rings is 1. The fourth-order valence-electron chi connectivity index (χ4n) is 4.23. The van der Waals surface area contributed by atoms with Crippen LogP contribution >= 0.6 is 0 Å². The second kappa shape index (κ2) is 10.3. The maximum atomic E-state index is 13.6. The second-order valence-electron chi connectivity index (χ2n) is 8.45. The minimum absolute atomic E-state index is 0.00503. The first-order valence-corrected chi connectivity index (χ1v) is 11.3. The van der Waals surface area contributed by atoms with Crippen molar-refractivity contribution >= 4 is 40.6 Å². The van der Waals surface area contributed by atoms with Crippen LogP contribution in [0.25, 0.3) is 10.8 Å². The predicted octanol–water partition coefficient (Wildman–Crippen LogP) is 4.75. The van der Waals surface area contributed by atoms with E-state index in [1.807, 2.05) is 54.4 Å². The van der Waals surface area contributed by atoms with Gasteiger partial charge >= 0.3 is 0 Å². The van der Waals surface area contributed by atoms with Gasteiger partial charge in [0.25, 0.3) is 5.91 Å². The van der Waals surface area contributed by atoms with E-state index in [1.54, 1.807) is 19.5 Å². The molecule has 2 heterocycles. The molecule has 0 spiro atoms. The lowest BCUT2D eigenvalue weighted by molar-refractivity contribution is 0.0622. The van der Waals surface area contributed by atoms with Crippen LogP contribution in [0.1, 0.15) is 35.7 Å². The Balaban J connectivity index is 1.55. The normalized spacial score (nSPS) is 18.8. The molecule has 2 N–H and O–H groups in total. The van der Waals surface area contributed by atoms with E-state index in [4.69, 9.17) is 0 Å². The monoisotopic (exact) mass is 442 g/mol. The Morgan fingerprint density at radius 3 is 2.85 bits per heavy atom. The van der Waals surface area contributed by atoms with Crippen LogP contribution in [0.2, 0.25) is 0 Å². The van der Waals surface area contributed by atoms with Crippen LogP contribution in [-0.4, -0.2) is 53.9 Å². The van der Waals surface area contributed by atoms with Crippen LogP contribution in [0.4, 0.5) is 11.5 Å². The number of piperidine rings is 1. The average molecular weight is 443 g/mol. The Bertz CT molecular complexity index is 1180. The number of carbonyl (C=O) groups is 1. The minimum atomic E-state index is 0.00503. The van der Waals surface area contributed by atoms with Gasteiger partial charge in [0.1, 0.15) is 5.82 Å². The highest BCUT2D eigenvalue weighted by molar-refractivity contribution is 6.16. The van der Waals surface area contributed by atoms with Crippen molar-refractivity contribution in [2.45, 2.75) is 38.8 Å². The number of hydrogen-bond acceptors (Lipinski definition) is 6. The van der Waals surface area contributed by atoms with E-state index in [0.717, 1.165) is 35.0 Å². The molecule has 4 rings (SSSR count). The number of hydrogen-bond donors (Lipinski definition) is 2. The molecule has 2 aromatic carbocycles. The number of aliphatic imine (C=N–C) groups is 1. The number of likely N-dealkylation sites (tertiary alicyclic amines) is 1. The van der Waals surface area contributed by atoms with Crippen molar-refractivity contribution in [1.82, 2.24) is 9.88 Å². The third-order valence-corrected chi connectivity index (χ3v) is 6.04. The number of fused-ring (bicyclic) bond motifs is 1. The Labute approximate surface area is 194 Å². The molecular formula is C26H30N6O. The number of hydrazone groups is 1. The zero-order valence-electron chi connectivity index (χ0n) is 19.3. The van der Waals surface area contributed by atoms with Crippen LogP contribution in [0.3, 0.4) is 0 Å². The van der Waals surface area contributed by atoms with Crippen LogP contribution in [0.15, 0.2) is 64.8 Å². The summed E-state index contributed by atoms with van der Waals surface area (Å²) in [7, 11) is 1.68. The molecule has 0 radical (unpaired) electrons. The summed E-state index contributed by atoms with van der Waals surface area (Å²) in [6.07, 6.45) is 6.89. The summed E-state index contributed by atoms with van der Waals surface area (Å²) in [6, 6.07) is 16.3.